The van der Waals surface area contributed by atoms with Crippen molar-refractivity contribution in [1.29, 1.82) is 0 Å². The predicted octanol–water partition coefficient (Wildman–Crippen LogP) is 3.29. The van der Waals surface area contributed by atoms with Crippen LogP contribution in [-0.4, -0.2) is 11.8 Å². The topological polar surface area (TPSA) is 58.2 Å². The Bertz CT molecular complexity index is 621. The molecule has 0 spiro atoms. The minimum Gasteiger partial charge on any atom is -0.324 e. The van der Waals surface area contributed by atoms with Gasteiger partial charge in [0.1, 0.15) is 6.42 Å². The molecule has 21 heavy (non-hydrogen) atoms. The standard InChI is InChI=1S/C16H17ClN2O2/c17-16(11-4-9-3-10(9)5-11)8-1-2-12-13(6-8)19-15(21)7-14(20)18-12/h1-2,6,9-11,16H,3-5,7H2,(H,18,20)(H,19,21). The minimum atomic E-state index is -0.281. The monoisotopic (exact) mass is 304 g/mol. The fourth-order valence-electron chi connectivity index (χ4n) is 3.75. The zero-order valence-electron chi connectivity index (χ0n) is 11.6. The van der Waals surface area contributed by atoms with Gasteiger partial charge in [-0.3, -0.25) is 9.59 Å². The molecule has 3 aliphatic rings. The molecule has 1 aliphatic heterocycles. The molecular formula is C16H17ClN2O2. The summed E-state index contributed by atoms with van der Waals surface area (Å²) in [4.78, 5) is 23.2. The second-order valence-corrected chi connectivity index (χ2v) is 6.94. The summed E-state index contributed by atoms with van der Waals surface area (Å²) in [6, 6.07) is 5.69. The van der Waals surface area contributed by atoms with Crippen LogP contribution in [0.25, 0.3) is 0 Å². The van der Waals surface area contributed by atoms with Gasteiger partial charge in [-0.25, -0.2) is 0 Å². The van der Waals surface area contributed by atoms with Gasteiger partial charge < -0.3 is 10.6 Å². The number of rotatable bonds is 2. The fraction of sp³-hybridized carbons (Fsp3) is 0.500. The molecule has 4 nitrogen and oxygen atoms in total. The summed E-state index contributed by atoms with van der Waals surface area (Å²) in [5.74, 6) is 1.77. The Kier molecular flexibility index (Phi) is 2.96. The predicted molar refractivity (Wildman–Crippen MR) is 81.2 cm³/mol. The molecule has 1 aromatic rings. The van der Waals surface area contributed by atoms with E-state index in [4.69, 9.17) is 11.6 Å². The van der Waals surface area contributed by atoms with Gasteiger partial charge in [-0.05, 0) is 54.7 Å². The van der Waals surface area contributed by atoms with E-state index >= 15 is 0 Å². The molecule has 3 atom stereocenters. The molecule has 0 aromatic heterocycles. The second-order valence-electron chi connectivity index (χ2n) is 6.47. The second kappa shape index (κ2) is 4.73. The molecular weight excluding hydrogens is 288 g/mol. The van der Waals surface area contributed by atoms with Crippen molar-refractivity contribution in [2.24, 2.45) is 17.8 Å². The van der Waals surface area contributed by atoms with Crippen molar-refractivity contribution in [2.45, 2.75) is 31.1 Å². The highest BCUT2D eigenvalue weighted by atomic mass is 35.5. The van der Waals surface area contributed by atoms with E-state index in [1.54, 1.807) is 0 Å². The molecule has 2 N–H and O–H groups in total. The van der Waals surface area contributed by atoms with E-state index in [-0.39, 0.29) is 23.6 Å². The number of halogens is 1. The molecule has 1 aromatic carbocycles. The first-order valence-electron chi connectivity index (χ1n) is 7.48. The fourth-order valence-corrected chi connectivity index (χ4v) is 4.09. The van der Waals surface area contributed by atoms with E-state index < -0.39 is 0 Å². The van der Waals surface area contributed by atoms with E-state index in [0.717, 1.165) is 17.4 Å². The summed E-state index contributed by atoms with van der Waals surface area (Å²) < 4.78 is 0. The molecule has 2 saturated carbocycles. The Morgan fingerprint density at radius 1 is 1.00 bits per heavy atom. The first-order chi connectivity index (χ1) is 10.1. The number of carbonyl (C=O) groups excluding carboxylic acids is 2. The number of carbonyl (C=O) groups is 2. The van der Waals surface area contributed by atoms with Gasteiger partial charge in [0.2, 0.25) is 11.8 Å². The van der Waals surface area contributed by atoms with E-state index in [2.05, 4.69) is 10.6 Å². The average molecular weight is 305 g/mol. The van der Waals surface area contributed by atoms with Crippen molar-refractivity contribution in [2.75, 3.05) is 10.6 Å². The van der Waals surface area contributed by atoms with Crippen molar-refractivity contribution in [1.82, 2.24) is 0 Å². The third-order valence-corrected chi connectivity index (χ3v) is 5.53. The highest BCUT2D eigenvalue weighted by molar-refractivity contribution is 6.21. The van der Waals surface area contributed by atoms with Crippen molar-refractivity contribution in [3.8, 4) is 0 Å². The van der Waals surface area contributed by atoms with Crippen molar-refractivity contribution < 1.29 is 9.59 Å². The lowest BCUT2D eigenvalue weighted by Gasteiger charge is -2.20. The summed E-state index contributed by atoms with van der Waals surface area (Å²) in [6.45, 7) is 0. The van der Waals surface area contributed by atoms with E-state index in [0.29, 0.717) is 17.3 Å². The molecule has 2 aliphatic carbocycles. The maximum Gasteiger partial charge on any atom is 0.233 e. The van der Waals surface area contributed by atoms with Crippen molar-refractivity contribution in [3.05, 3.63) is 23.8 Å². The zero-order valence-corrected chi connectivity index (χ0v) is 12.3. The van der Waals surface area contributed by atoms with Gasteiger partial charge in [-0.2, -0.15) is 0 Å². The van der Waals surface area contributed by atoms with E-state index in [1.807, 2.05) is 18.2 Å². The first-order valence-corrected chi connectivity index (χ1v) is 7.91. The van der Waals surface area contributed by atoms with Crippen LogP contribution in [0.15, 0.2) is 18.2 Å². The number of nitrogens with one attached hydrogen (secondary N) is 2. The molecule has 0 bridgehead atoms. The van der Waals surface area contributed by atoms with E-state index in [9.17, 15) is 9.59 Å². The Morgan fingerprint density at radius 3 is 2.38 bits per heavy atom. The van der Waals surface area contributed by atoms with Crippen LogP contribution in [0.2, 0.25) is 0 Å². The summed E-state index contributed by atoms with van der Waals surface area (Å²) in [6.07, 6.45) is 3.69. The average Bonchev–Trinajstić information content (AvgIpc) is 3.09. The quantitative estimate of drug-likeness (QED) is 0.650. The van der Waals surface area contributed by atoms with Gasteiger partial charge in [0.25, 0.3) is 0 Å². The molecule has 3 unspecified atom stereocenters. The third kappa shape index (κ3) is 2.42. The smallest absolute Gasteiger partial charge is 0.233 e. The van der Waals surface area contributed by atoms with Gasteiger partial charge in [0, 0.05) is 0 Å². The van der Waals surface area contributed by atoms with Crippen LogP contribution < -0.4 is 10.6 Å². The van der Waals surface area contributed by atoms with E-state index in [1.165, 1.54) is 19.3 Å². The number of hydrogen-bond acceptors (Lipinski definition) is 2. The first kappa shape index (κ1) is 13.1. The Hall–Kier alpha value is -1.55. The highest BCUT2D eigenvalue weighted by Crippen LogP contribution is 2.58. The van der Waals surface area contributed by atoms with Crippen LogP contribution >= 0.6 is 11.6 Å². The summed E-state index contributed by atoms with van der Waals surface area (Å²) in [7, 11) is 0. The number of alkyl halides is 1. The van der Waals surface area contributed by atoms with Crippen LogP contribution in [0.1, 0.15) is 36.6 Å². The lowest BCUT2D eigenvalue weighted by molar-refractivity contribution is -0.123. The van der Waals surface area contributed by atoms with Gasteiger partial charge >= 0.3 is 0 Å². The molecule has 2 amide bonds. The SMILES string of the molecule is O=C1CC(=O)Nc2cc(C(Cl)C3CC4CC4C3)ccc2N1. The molecule has 5 heteroatoms. The maximum absolute atomic E-state index is 11.6. The summed E-state index contributed by atoms with van der Waals surface area (Å²) in [5.41, 5.74) is 2.32. The van der Waals surface area contributed by atoms with Crippen molar-refractivity contribution >= 4 is 34.8 Å². The lowest BCUT2D eigenvalue weighted by atomic mass is 9.93. The Labute approximate surface area is 128 Å². The number of amides is 2. The normalized spacial score (nSPS) is 31.6. The number of benzene rings is 1. The van der Waals surface area contributed by atoms with Gasteiger partial charge in [0.05, 0.1) is 16.8 Å². The number of anilines is 2. The maximum atomic E-state index is 11.6. The summed E-state index contributed by atoms with van der Waals surface area (Å²) >= 11 is 6.65. The van der Waals surface area contributed by atoms with Crippen LogP contribution in [0, 0.1) is 17.8 Å². The molecule has 1 heterocycles. The van der Waals surface area contributed by atoms with Crippen LogP contribution in [0.5, 0.6) is 0 Å². The Morgan fingerprint density at radius 2 is 1.67 bits per heavy atom. The summed E-state index contributed by atoms with van der Waals surface area (Å²) in [5, 5.41) is 5.50. The molecule has 4 rings (SSSR count). The number of hydrogen-bond donors (Lipinski definition) is 2. The van der Waals surface area contributed by atoms with Crippen LogP contribution in [0.4, 0.5) is 11.4 Å². The van der Waals surface area contributed by atoms with Crippen molar-refractivity contribution in [3.63, 3.8) is 0 Å². The lowest BCUT2D eigenvalue weighted by Crippen LogP contribution is -2.16. The third-order valence-electron chi connectivity index (χ3n) is 4.93. The van der Waals surface area contributed by atoms with Crippen LogP contribution in [0.3, 0.4) is 0 Å². The Balaban J connectivity index is 1.59. The van der Waals surface area contributed by atoms with Gasteiger partial charge in [-0.15, -0.1) is 11.6 Å². The zero-order chi connectivity index (χ0) is 14.6. The van der Waals surface area contributed by atoms with Crippen LogP contribution in [-0.2, 0) is 9.59 Å². The number of fused-ring (bicyclic) bond motifs is 2. The highest BCUT2D eigenvalue weighted by Gasteiger charge is 2.47. The molecule has 0 saturated heterocycles. The molecule has 2 fully saturated rings. The van der Waals surface area contributed by atoms with Gasteiger partial charge in [0.15, 0.2) is 0 Å². The molecule has 110 valence electrons. The minimum absolute atomic E-state index is 0.0149. The van der Waals surface area contributed by atoms with Gasteiger partial charge in [-0.1, -0.05) is 6.07 Å². The molecule has 0 radical (unpaired) electrons. The largest absolute Gasteiger partial charge is 0.324 e.